The monoisotopic (exact) mass is 360 g/mol. The van der Waals surface area contributed by atoms with Crippen molar-refractivity contribution in [3.63, 3.8) is 0 Å². The van der Waals surface area contributed by atoms with Crippen molar-refractivity contribution in [1.82, 2.24) is 9.97 Å². The van der Waals surface area contributed by atoms with Crippen LogP contribution in [0.2, 0.25) is 0 Å². The molecule has 1 aliphatic rings. The Balaban J connectivity index is 1.44. The van der Waals surface area contributed by atoms with Crippen LogP contribution in [0.5, 0.6) is 5.75 Å². The second-order valence-corrected chi connectivity index (χ2v) is 6.30. The summed E-state index contributed by atoms with van der Waals surface area (Å²) in [4.78, 5) is 23.2. The summed E-state index contributed by atoms with van der Waals surface area (Å²) in [5, 5.41) is 3.16. The molecule has 0 unspecified atom stereocenters. The first kappa shape index (κ1) is 17.0. The Morgan fingerprint density at radius 3 is 2.67 bits per heavy atom. The number of carbonyl (C=O) groups excluding carboxylic acids is 1. The van der Waals surface area contributed by atoms with Crippen molar-refractivity contribution in [2.75, 3.05) is 23.9 Å². The Labute approximate surface area is 157 Å². The number of rotatable bonds is 5. The van der Waals surface area contributed by atoms with Gasteiger partial charge in [0.15, 0.2) is 0 Å². The summed E-state index contributed by atoms with van der Waals surface area (Å²) in [6, 6.07) is 15.8. The summed E-state index contributed by atoms with van der Waals surface area (Å²) < 4.78 is 5.34. The minimum absolute atomic E-state index is 0.0729. The van der Waals surface area contributed by atoms with E-state index < -0.39 is 0 Å². The van der Waals surface area contributed by atoms with Crippen LogP contribution in [-0.2, 0) is 13.0 Å². The number of anilines is 2. The van der Waals surface area contributed by atoms with Crippen LogP contribution in [0.25, 0.3) is 0 Å². The van der Waals surface area contributed by atoms with E-state index in [1.165, 1.54) is 5.56 Å². The predicted molar refractivity (Wildman–Crippen MR) is 104 cm³/mol. The molecule has 0 atom stereocenters. The Kier molecular flexibility index (Phi) is 4.70. The summed E-state index contributed by atoms with van der Waals surface area (Å²) in [6.45, 7) is 1.22. The fourth-order valence-corrected chi connectivity index (χ4v) is 3.26. The van der Waals surface area contributed by atoms with Gasteiger partial charge in [0.25, 0.3) is 5.91 Å². The van der Waals surface area contributed by atoms with Crippen LogP contribution >= 0.6 is 0 Å². The van der Waals surface area contributed by atoms with Gasteiger partial charge in [-0.05, 0) is 24.1 Å². The van der Waals surface area contributed by atoms with Crippen LogP contribution < -0.4 is 15.0 Å². The van der Waals surface area contributed by atoms with Crippen LogP contribution in [0.15, 0.2) is 60.9 Å². The highest BCUT2D eigenvalue weighted by molar-refractivity contribution is 6.06. The molecule has 0 saturated carbocycles. The van der Waals surface area contributed by atoms with Gasteiger partial charge in [0.05, 0.1) is 12.7 Å². The number of amides is 1. The lowest BCUT2D eigenvalue weighted by atomic mass is 10.2. The normalized spacial score (nSPS) is 12.6. The first-order valence-corrected chi connectivity index (χ1v) is 8.84. The molecule has 1 amide bonds. The van der Waals surface area contributed by atoms with Crippen LogP contribution in [-0.4, -0.2) is 29.5 Å². The predicted octanol–water partition coefficient (Wildman–Crippen LogP) is 3.30. The first-order chi connectivity index (χ1) is 13.3. The Morgan fingerprint density at radius 1 is 1.11 bits per heavy atom. The van der Waals surface area contributed by atoms with Gasteiger partial charge in [-0.1, -0.05) is 36.4 Å². The highest BCUT2D eigenvalue weighted by atomic mass is 16.5. The van der Waals surface area contributed by atoms with E-state index in [-0.39, 0.29) is 5.91 Å². The molecule has 6 heteroatoms. The van der Waals surface area contributed by atoms with Gasteiger partial charge in [-0.3, -0.25) is 4.79 Å². The number of nitrogens with zero attached hydrogens (tertiary/aromatic N) is 3. The summed E-state index contributed by atoms with van der Waals surface area (Å²) in [7, 11) is 1.65. The van der Waals surface area contributed by atoms with Gasteiger partial charge in [-0.15, -0.1) is 0 Å². The zero-order valence-electron chi connectivity index (χ0n) is 15.1. The fraction of sp³-hybridized carbons (Fsp3) is 0.190. The quantitative estimate of drug-likeness (QED) is 0.756. The second-order valence-electron chi connectivity index (χ2n) is 6.30. The van der Waals surface area contributed by atoms with Gasteiger partial charge >= 0.3 is 0 Å². The lowest BCUT2D eigenvalue weighted by molar-refractivity contribution is 0.0988. The van der Waals surface area contributed by atoms with Crippen molar-refractivity contribution in [3.8, 4) is 5.75 Å². The van der Waals surface area contributed by atoms with Crippen molar-refractivity contribution in [2.24, 2.45) is 0 Å². The molecule has 4 rings (SSSR count). The Hall–Kier alpha value is -3.41. The number of carbonyl (C=O) groups is 1. The molecule has 2 heterocycles. The molecule has 0 radical (unpaired) electrons. The van der Waals surface area contributed by atoms with E-state index in [0.717, 1.165) is 23.4 Å². The molecular formula is C21H20N4O2. The largest absolute Gasteiger partial charge is 0.496 e. The highest BCUT2D eigenvalue weighted by Crippen LogP contribution is 2.28. The molecule has 0 saturated heterocycles. The Morgan fingerprint density at radius 2 is 1.85 bits per heavy atom. The number of hydrogen-bond acceptors (Lipinski definition) is 5. The number of methoxy groups -OCH3 is 1. The molecule has 27 heavy (non-hydrogen) atoms. The average Bonchev–Trinajstić information content (AvgIpc) is 3.16. The van der Waals surface area contributed by atoms with E-state index in [0.29, 0.717) is 24.6 Å². The van der Waals surface area contributed by atoms with E-state index in [2.05, 4.69) is 21.4 Å². The topological polar surface area (TPSA) is 67.3 Å². The minimum Gasteiger partial charge on any atom is -0.496 e. The van der Waals surface area contributed by atoms with E-state index in [1.807, 2.05) is 42.5 Å². The molecule has 0 fully saturated rings. The molecule has 1 aromatic heterocycles. The van der Waals surface area contributed by atoms with Gasteiger partial charge in [0.2, 0.25) is 5.95 Å². The third-order valence-electron chi connectivity index (χ3n) is 4.66. The van der Waals surface area contributed by atoms with Gasteiger partial charge in [-0.2, -0.15) is 0 Å². The zero-order valence-corrected chi connectivity index (χ0v) is 15.1. The molecule has 0 aliphatic carbocycles. The van der Waals surface area contributed by atoms with Crippen molar-refractivity contribution >= 4 is 17.5 Å². The first-order valence-electron chi connectivity index (χ1n) is 8.84. The highest BCUT2D eigenvalue weighted by Gasteiger charge is 2.25. The van der Waals surface area contributed by atoms with Crippen molar-refractivity contribution in [3.05, 3.63) is 77.6 Å². The van der Waals surface area contributed by atoms with Gasteiger partial charge in [0.1, 0.15) is 5.75 Å². The molecule has 0 spiro atoms. The summed E-state index contributed by atoms with van der Waals surface area (Å²) in [5.41, 5.74) is 3.66. The summed E-state index contributed by atoms with van der Waals surface area (Å²) >= 11 is 0. The SMILES string of the molecule is COc1ccccc1CNc1ncc(C(=O)N2CCc3ccccc32)cn1. The standard InChI is InChI=1S/C21H20N4O2/c1-27-19-9-5-3-7-16(19)12-22-21-23-13-17(14-24-21)20(26)25-11-10-15-6-2-4-8-18(15)25/h2-9,13-14H,10-12H2,1H3,(H,22,23,24). The zero-order chi connectivity index (χ0) is 18.6. The van der Waals surface area contributed by atoms with E-state index in [1.54, 1.807) is 24.4 Å². The number of hydrogen-bond donors (Lipinski definition) is 1. The molecule has 6 nitrogen and oxygen atoms in total. The van der Waals surface area contributed by atoms with Gasteiger partial charge in [0, 0.05) is 36.7 Å². The van der Waals surface area contributed by atoms with Crippen LogP contribution in [0.4, 0.5) is 11.6 Å². The number of nitrogens with one attached hydrogen (secondary N) is 1. The summed E-state index contributed by atoms with van der Waals surface area (Å²) in [6.07, 6.45) is 4.02. The van der Waals surface area contributed by atoms with Crippen molar-refractivity contribution in [1.29, 1.82) is 0 Å². The number of para-hydroxylation sites is 2. The number of ether oxygens (including phenoxy) is 1. The molecule has 136 valence electrons. The van der Waals surface area contributed by atoms with Crippen molar-refractivity contribution in [2.45, 2.75) is 13.0 Å². The minimum atomic E-state index is -0.0729. The van der Waals surface area contributed by atoms with Gasteiger partial charge < -0.3 is 15.0 Å². The van der Waals surface area contributed by atoms with Crippen LogP contribution in [0.1, 0.15) is 21.5 Å². The number of aromatic nitrogens is 2. The maximum Gasteiger partial charge on any atom is 0.261 e. The van der Waals surface area contributed by atoms with Crippen LogP contribution in [0, 0.1) is 0 Å². The summed E-state index contributed by atoms with van der Waals surface area (Å²) in [5.74, 6) is 1.21. The van der Waals surface area contributed by atoms with Crippen molar-refractivity contribution < 1.29 is 9.53 Å². The average molecular weight is 360 g/mol. The molecule has 1 aliphatic heterocycles. The molecule has 0 bridgehead atoms. The molecule has 3 aromatic rings. The third-order valence-corrected chi connectivity index (χ3v) is 4.66. The number of benzene rings is 2. The molecule has 1 N–H and O–H groups in total. The lowest BCUT2D eigenvalue weighted by Gasteiger charge is -2.17. The van der Waals surface area contributed by atoms with E-state index >= 15 is 0 Å². The maximum atomic E-state index is 12.8. The lowest BCUT2D eigenvalue weighted by Crippen LogP contribution is -2.29. The fourth-order valence-electron chi connectivity index (χ4n) is 3.26. The second kappa shape index (κ2) is 7.45. The van der Waals surface area contributed by atoms with E-state index in [9.17, 15) is 4.79 Å². The van der Waals surface area contributed by atoms with Crippen LogP contribution in [0.3, 0.4) is 0 Å². The van der Waals surface area contributed by atoms with E-state index in [4.69, 9.17) is 4.74 Å². The Bertz CT molecular complexity index is 956. The molecule has 2 aromatic carbocycles. The number of fused-ring (bicyclic) bond motifs is 1. The van der Waals surface area contributed by atoms with Gasteiger partial charge in [-0.25, -0.2) is 9.97 Å². The molecular weight excluding hydrogens is 340 g/mol. The maximum absolute atomic E-state index is 12.8. The third kappa shape index (κ3) is 3.46. The smallest absolute Gasteiger partial charge is 0.261 e.